The zero-order valence-electron chi connectivity index (χ0n) is 8.50. The lowest BCUT2D eigenvalue weighted by molar-refractivity contribution is 0.270. The normalized spacial score (nSPS) is 36.6. The van der Waals surface area contributed by atoms with E-state index in [2.05, 4.69) is 22.9 Å². The van der Waals surface area contributed by atoms with Crippen LogP contribution in [0.5, 0.6) is 0 Å². The van der Waals surface area contributed by atoms with Crippen LogP contribution in [0.2, 0.25) is 0 Å². The predicted molar refractivity (Wildman–Crippen MR) is 55.8 cm³/mol. The van der Waals surface area contributed by atoms with Gasteiger partial charge in [-0.2, -0.15) is 5.26 Å². The molecule has 0 radical (unpaired) electrons. The number of rotatable bonds is 3. The van der Waals surface area contributed by atoms with Crippen LogP contribution in [-0.2, 0) is 0 Å². The van der Waals surface area contributed by atoms with Crippen molar-refractivity contribution in [2.75, 3.05) is 19.6 Å². The fraction of sp³-hybridized carbons (Fsp3) is 0.727. The minimum atomic E-state index is -0.301. The summed E-state index contributed by atoms with van der Waals surface area (Å²) in [7, 11) is 0. The van der Waals surface area contributed by atoms with Crippen molar-refractivity contribution in [2.24, 2.45) is 0 Å². The smallest absolute Gasteiger partial charge is 0.123 e. The molecular weight excluding hydrogens is 174 g/mol. The van der Waals surface area contributed by atoms with E-state index in [-0.39, 0.29) is 5.54 Å². The molecule has 2 rings (SSSR count). The second-order valence-electron chi connectivity index (χ2n) is 4.20. The summed E-state index contributed by atoms with van der Waals surface area (Å²) in [4.78, 5) is 2.44. The zero-order chi connectivity index (χ0) is 10.0. The summed E-state index contributed by atoms with van der Waals surface area (Å²) in [6.07, 6.45) is 5.19. The summed E-state index contributed by atoms with van der Waals surface area (Å²) in [6, 6.07) is 2.92. The molecule has 2 atom stereocenters. The molecule has 0 bridgehead atoms. The average molecular weight is 191 g/mol. The number of nitrogens with zero attached hydrogens (tertiary/aromatic N) is 2. The number of nitrogens with one attached hydrogen (secondary N) is 1. The molecule has 2 aliphatic rings. The van der Waals surface area contributed by atoms with Crippen LogP contribution in [0, 0.1) is 11.3 Å². The van der Waals surface area contributed by atoms with Gasteiger partial charge in [-0.25, -0.2) is 0 Å². The Morgan fingerprint density at radius 3 is 3.21 bits per heavy atom. The van der Waals surface area contributed by atoms with Crippen molar-refractivity contribution in [3.8, 4) is 6.07 Å². The van der Waals surface area contributed by atoms with E-state index in [1.807, 2.05) is 6.08 Å². The number of fused-ring (bicyclic) bond motifs is 1. The van der Waals surface area contributed by atoms with Crippen LogP contribution in [0.25, 0.3) is 0 Å². The molecule has 3 heteroatoms. The molecule has 0 aliphatic carbocycles. The molecule has 1 N–H and O–H groups in total. The van der Waals surface area contributed by atoms with E-state index in [0.29, 0.717) is 6.04 Å². The number of hydrogen-bond acceptors (Lipinski definition) is 3. The fourth-order valence-electron chi connectivity index (χ4n) is 2.77. The van der Waals surface area contributed by atoms with Crippen LogP contribution >= 0.6 is 0 Å². The molecule has 2 saturated heterocycles. The second-order valence-corrected chi connectivity index (χ2v) is 4.20. The lowest BCUT2D eigenvalue weighted by atomic mass is 9.90. The molecule has 0 aromatic rings. The Balaban J connectivity index is 2.12. The van der Waals surface area contributed by atoms with Gasteiger partial charge in [0.25, 0.3) is 0 Å². The Kier molecular flexibility index (Phi) is 2.58. The first-order valence-corrected chi connectivity index (χ1v) is 5.33. The van der Waals surface area contributed by atoms with Gasteiger partial charge < -0.3 is 0 Å². The highest BCUT2D eigenvalue weighted by Gasteiger charge is 2.49. The van der Waals surface area contributed by atoms with Crippen molar-refractivity contribution in [2.45, 2.75) is 30.8 Å². The maximum Gasteiger partial charge on any atom is 0.123 e. The van der Waals surface area contributed by atoms with E-state index in [0.717, 1.165) is 25.9 Å². The lowest BCUT2D eigenvalue weighted by Gasteiger charge is -2.29. The van der Waals surface area contributed by atoms with Crippen molar-refractivity contribution < 1.29 is 0 Å². The maximum absolute atomic E-state index is 9.32. The molecule has 0 spiro atoms. The van der Waals surface area contributed by atoms with Crippen molar-refractivity contribution >= 4 is 0 Å². The third-order valence-electron chi connectivity index (χ3n) is 3.49. The first kappa shape index (κ1) is 9.70. The van der Waals surface area contributed by atoms with Crippen molar-refractivity contribution in [3.63, 3.8) is 0 Å². The molecule has 3 nitrogen and oxygen atoms in total. The third-order valence-corrected chi connectivity index (χ3v) is 3.49. The highest BCUT2D eigenvalue weighted by Crippen LogP contribution is 2.35. The van der Waals surface area contributed by atoms with E-state index < -0.39 is 0 Å². The molecular formula is C11H17N3. The zero-order valence-corrected chi connectivity index (χ0v) is 8.50. The Morgan fingerprint density at radius 2 is 2.50 bits per heavy atom. The standard InChI is InChI=1S/C11H17N3/c1-2-6-13-11(9-12)5-8-14-7-3-4-10(11)14/h2,10,13H,1,3-8H2. The van der Waals surface area contributed by atoms with Gasteiger partial charge in [0.05, 0.1) is 6.07 Å². The van der Waals surface area contributed by atoms with Gasteiger partial charge in [-0.1, -0.05) is 6.08 Å². The molecule has 14 heavy (non-hydrogen) atoms. The molecule has 0 saturated carbocycles. The first-order chi connectivity index (χ1) is 6.82. The van der Waals surface area contributed by atoms with Gasteiger partial charge in [0.2, 0.25) is 0 Å². The molecule has 2 heterocycles. The Hall–Kier alpha value is -0.850. The van der Waals surface area contributed by atoms with Gasteiger partial charge in [-0.15, -0.1) is 6.58 Å². The molecule has 76 valence electrons. The minimum absolute atomic E-state index is 0.301. The van der Waals surface area contributed by atoms with Crippen LogP contribution in [-0.4, -0.2) is 36.1 Å². The summed E-state index contributed by atoms with van der Waals surface area (Å²) in [6.45, 7) is 6.66. The van der Waals surface area contributed by atoms with Crippen LogP contribution < -0.4 is 5.32 Å². The van der Waals surface area contributed by atoms with Gasteiger partial charge in [0, 0.05) is 19.1 Å². The second kappa shape index (κ2) is 3.72. The Morgan fingerprint density at radius 1 is 1.64 bits per heavy atom. The highest BCUT2D eigenvalue weighted by atomic mass is 15.3. The summed E-state index contributed by atoms with van der Waals surface area (Å²) < 4.78 is 0. The van der Waals surface area contributed by atoms with Gasteiger partial charge >= 0.3 is 0 Å². The molecule has 2 fully saturated rings. The topological polar surface area (TPSA) is 39.1 Å². The quantitative estimate of drug-likeness (QED) is 0.673. The summed E-state index contributed by atoms with van der Waals surface area (Å²) in [5, 5.41) is 12.7. The van der Waals surface area contributed by atoms with Gasteiger partial charge in [0.15, 0.2) is 0 Å². The molecule has 2 aliphatic heterocycles. The number of hydrogen-bond donors (Lipinski definition) is 1. The largest absolute Gasteiger partial charge is 0.297 e. The minimum Gasteiger partial charge on any atom is -0.297 e. The SMILES string of the molecule is C=CCNC1(C#N)CCN2CCCC21. The molecule has 0 aromatic carbocycles. The van der Waals surface area contributed by atoms with E-state index in [1.54, 1.807) is 0 Å². The van der Waals surface area contributed by atoms with Gasteiger partial charge in [-0.05, 0) is 25.8 Å². The molecule has 0 aromatic heterocycles. The Labute approximate surface area is 85.4 Å². The fourth-order valence-corrected chi connectivity index (χ4v) is 2.77. The monoisotopic (exact) mass is 191 g/mol. The highest BCUT2D eigenvalue weighted by molar-refractivity contribution is 5.20. The van der Waals surface area contributed by atoms with Crippen LogP contribution in [0.4, 0.5) is 0 Å². The summed E-state index contributed by atoms with van der Waals surface area (Å²) >= 11 is 0. The van der Waals surface area contributed by atoms with Gasteiger partial charge in [0.1, 0.15) is 5.54 Å². The lowest BCUT2D eigenvalue weighted by Crippen LogP contribution is -2.51. The third kappa shape index (κ3) is 1.35. The van der Waals surface area contributed by atoms with E-state index in [4.69, 9.17) is 0 Å². The molecule has 0 amide bonds. The van der Waals surface area contributed by atoms with Crippen LogP contribution in [0.1, 0.15) is 19.3 Å². The van der Waals surface area contributed by atoms with Crippen molar-refractivity contribution in [1.82, 2.24) is 10.2 Å². The Bertz CT molecular complexity index is 268. The predicted octanol–water partition coefficient (Wildman–Crippen LogP) is 0.892. The average Bonchev–Trinajstić information content (AvgIpc) is 2.77. The maximum atomic E-state index is 9.32. The van der Waals surface area contributed by atoms with Crippen molar-refractivity contribution in [3.05, 3.63) is 12.7 Å². The van der Waals surface area contributed by atoms with E-state index in [1.165, 1.54) is 13.0 Å². The van der Waals surface area contributed by atoms with Gasteiger partial charge in [-0.3, -0.25) is 10.2 Å². The summed E-state index contributed by atoms with van der Waals surface area (Å²) in [5.74, 6) is 0. The first-order valence-electron chi connectivity index (χ1n) is 5.33. The summed E-state index contributed by atoms with van der Waals surface area (Å²) in [5.41, 5.74) is -0.301. The molecule has 2 unspecified atom stereocenters. The van der Waals surface area contributed by atoms with Crippen molar-refractivity contribution in [1.29, 1.82) is 5.26 Å². The van der Waals surface area contributed by atoms with Crippen LogP contribution in [0.15, 0.2) is 12.7 Å². The van der Waals surface area contributed by atoms with Crippen LogP contribution in [0.3, 0.4) is 0 Å². The van der Waals surface area contributed by atoms with E-state index >= 15 is 0 Å². The van der Waals surface area contributed by atoms with E-state index in [9.17, 15) is 5.26 Å². The number of nitriles is 1.